The number of esters is 4. The Labute approximate surface area is 221 Å². The van der Waals surface area contributed by atoms with Crippen LogP contribution >= 0.6 is 0 Å². The van der Waals surface area contributed by atoms with Gasteiger partial charge in [-0.2, -0.15) is 0 Å². The normalized spacial score (nSPS) is 14.2. The van der Waals surface area contributed by atoms with E-state index in [9.17, 15) is 39.6 Å². The molecule has 0 aromatic rings. The van der Waals surface area contributed by atoms with Crippen LogP contribution in [-0.4, -0.2) is 119 Å². The zero-order valence-corrected chi connectivity index (χ0v) is 21.6. The van der Waals surface area contributed by atoms with Crippen molar-refractivity contribution in [3.05, 3.63) is 0 Å². The maximum atomic E-state index is 11.7. The molecule has 6 N–H and O–H groups in total. The summed E-state index contributed by atoms with van der Waals surface area (Å²) in [6.45, 7) is -1.25. The first-order valence-corrected chi connectivity index (χ1v) is 12.7. The lowest BCUT2D eigenvalue weighted by Gasteiger charge is -2.26. The van der Waals surface area contributed by atoms with Crippen LogP contribution in [0.4, 0.5) is 0 Å². The van der Waals surface area contributed by atoms with Crippen molar-refractivity contribution in [3.8, 4) is 0 Å². The summed E-state index contributed by atoms with van der Waals surface area (Å²) in [4.78, 5) is 46.3. The van der Waals surface area contributed by atoms with E-state index in [0.29, 0.717) is 38.5 Å². The van der Waals surface area contributed by atoms with Crippen molar-refractivity contribution in [2.24, 2.45) is 0 Å². The standard InChI is InChI=1S/C24H42O14/c25-11-5-13-35-19(29)7-1-3-9-21(31)37-15-17(27)23(33)24(34)18(28)16-38-22(32)10-4-2-8-20(30)36-14-6-12-26/h17-18,23-28,33-34H,1-16H2/t17-,18?,23+,24+/m0/s1. The van der Waals surface area contributed by atoms with Crippen LogP contribution in [0.25, 0.3) is 0 Å². The summed E-state index contributed by atoms with van der Waals surface area (Å²) in [7, 11) is 0. The molecule has 0 heterocycles. The Balaban J connectivity index is 4.04. The summed E-state index contributed by atoms with van der Waals surface area (Å²) < 4.78 is 19.3. The summed E-state index contributed by atoms with van der Waals surface area (Å²) in [5.41, 5.74) is 0. The summed E-state index contributed by atoms with van der Waals surface area (Å²) in [6.07, 6.45) is -5.14. The fourth-order valence-corrected chi connectivity index (χ4v) is 2.88. The van der Waals surface area contributed by atoms with Crippen LogP contribution < -0.4 is 0 Å². The number of rotatable bonds is 23. The molecule has 0 saturated heterocycles. The Morgan fingerprint density at radius 3 is 1.05 bits per heavy atom. The second-order valence-corrected chi connectivity index (χ2v) is 8.49. The van der Waals surface area contributed by atoms with Gasteiger partial charge in [0, 0.05) is 51.7 Å². The SMILES string of the molecule is O=C(CCCCC(=O)OCC(O)[C@@H](O)[C@H](O)[C@@H](O)COC(=O)CCCCC(=O)OCCCO)OCCCO. The van der Waals surface area contributed by atoms with Crippen LogP contribution in [0, 0.1) is 0 Å². The Bertz CT molecular complexity index is 615. The quantitative estimate of drug-likeness (QED) is 0.0479. The van der Waals surface area contributed by atoms with Crippen LogP contribution in [0.2, 0.25) is 0 Å². The van der Waals surface area contributed by atoms with E-state index in [4.69, 9.17) is 29.2 Å². The van der Waals surface area contributed by atoms with Crippen molar-refractivity contribution in [2.75, 3.05) is 39.6 Å². The molecular formula is C24H42O14. The van der Waals surface area contributed by atoms with Crippen LogP contribution in [0.1, 0.15) is 64.2 Å². The number of aliphatic hydroxyl groups is 6. The predicted octanol–water partition coefficient (Wildman–Crippen LogP) is -1.51. The Hall–Kier alpha value is -2.36. The maximum absolute atomic E-state index is 11.7. The summed E-state index contributed by atoms with van der Waals surface area (Å²) in [6, 6.07) is 0. The molecule has 0 spiro atoms. The first-order valence-electron chi connectivity index (χ1n) is 12.7. The Morgan fingerprint density at radius 2 is 0.763 bits per heavy atom. The molecule has 0 radical (unpaired) electrons. The molecule has 0 bridgehead atoms. The van der Waals surface area contributed by atoms with Crippen LogP contribution in [0.3, 0.4) is 0 Å². The summed E-state index contributed by atoms with van der Waals surface area (Å²) in [5.74, 6) is -2.30. The van der Waals surface area contributed by atoms with Gasteiger partial charge in [-0.15, -0.1) is 0 Å². The Kier molecular flexibility index (Phi) is 21.2. The van der Waals surface area contributed by atoms with Gasteiger partial charge in [0.25, 0.3) is 0 Å². The van der Waals surface area contributed by atoms with E-state index in [1.165, 1.54) is 0 Å². The molecule has 0 rings (SSSR count). The van der Waals surface area contributed by atoms with Crippen molar-refractivity contribution in [1.29, 1.82) is 0 Å². The van der Waals surface area contributed by atoms with E-state index >= 15 is 0 Å². The van der Waals surface area contributed by atoms with Crippen molar-refractivity contribution in [1.82, 2.24) is 0 Å². The molecule has 14 heteroatoms. The minimum atomic E-state index is -1.90. The van der Waals surface area contributed by atoms with Gasteiger partial charge in [-0.3, -0.25) is 19.2 Å². The number of hydrogen-bond acceptors (Lipinski definition) is 14. The van der Waals surface area contributed by atoms with Gasteiger partial charge >= 0.3 is 23.9 Å². The van der Waals surface area contributed by atoms with Crippen molar-refractivity contribution >= 4 is 23.9 Å². The molecule has 0 aliphatic rings. The van der Waals surface area contributed by atoms with Gasteiger partial charge in [-0.05, 0) is 25.7 Å². The molecule has 0 amide bonds. The van der Waals surface area contributed by atoms with Gasteiger partial charge in [0.1, 0.15) is 37.6 Å². The van der Waals surface area contributed by atoms with Crippen molar-refractivity contribution < 1.29 is 68.8 Å². The van der Waals surface area contributed by atoms with Crippen molar-refractivity contribution in [3.63, 3.8) is 0 Å². The number of carbonyl (C=O) groups excluding carboxylic acids is 4. The average molecular weight is 555 g/mol. The predicted molar refractivity (Wildman–Crippen MR) is 128 cm³/mol. The highest BCUT2D eigenvalue weighted by molar-refractivity contribution is 5.71. The highest BCUT2D eigenvalue weighted by Crippen LogP contribution is 2.10. The molecule has 0 aromatic carbocycles. The van der Waals surface area contributed by atoms with E-state index in [2.05, 4.69) is 0 Å². The zero-order valence-electron chi connectivity index (χ0n) is 21.6. The van der Waals surface area contributed by atoms with E-state index in [1.54, 1.807) is 0 Å². The second-order valence-electron chi connectivity index (χ2n) is 8.49. The van der Waals surface area contributed by atoms with Gasteiger partial charge < -0.3 is 49.6 Å². The fourth-order valence-electron chi connectivity index (χ4n) is 2.88. The number of aliphatic hydroxyl groups excluding tert-OH is 6. The molecule has 38 heavy (non-hydrogen) atoms. The van der Waals surface area contributed by atoms with E-state index < -0.39 is 61.5 Å². The molecule has 0 aromatic heterocycles. The first kappa shape index (κ1) is 35.6. The topological polar surface area (TPSA) is 227 Å². The lowest BCUT2D eigenvalue weighted by Crippen LogP contribution is -2.48. The highest BCUT2D eigenvalue weighted by atomic mass is 16.6. The van der Waals surface area contributed by atoms with Gasteiger partial charge in [-0.25, -0.2) is 0 Å². The van der Waals surface area contributed by atoms with Gasteiger partial charge in [0.05, 0.1) is 13.2 Å². The molecule has 14 nitrogen and oxygen atoms in total. The molecule has 0 fully saturated rings. The largest absolute Gasteiger partial charge is 0.466 e. The van der Waals surface area contributed by atoms with Gasteiger partial charge in [0.2, 0.25) is 0 Å². The molecule has 0 aliphatic carbocycles. The number of carbonyl (C=O) groups is 4. The third-order valence-corrected chi connectivity index (χ3v) is 5.12. The van der Waals surface area contributed by atoms with Crippen LogP contribution in [-0.2, 0) is 38.1 Å². The molecule has 4 atom stereocenters. The zero-order chi connectivity index (χ0) is 28.8. The lowest BCUT2D eigenvalue weighted by atomic mass is 10.0. The van der Waals surface area contributed by atoms with Crippen LogP contribution in [0.15, 0.2) is 0 Å². The first-order chi connectivity index (χ1) is 18.1. The third kappa shape index (κ3) is 18.8. The lowest BCUT2D eigenvalue weighted by molar-refractivity contribution is -0.162. The average Bonchev–Trinajstić information content (AvgIpc) is 2.90. The minimum absolute atomic E-state index is 0.0568. The van der Waals surface area contributed by atoms with Gasteiger partial charge in [-0.1, -0.05) is 0 Å². The van der Waals surface area contributed by atoms with Crippen LogP contribution in [0.5, 0.6) is 0 Å². The molecule has 0 saturated carbocycles. The molecule has 0 aliphatic heterocycles. The van der Waals surface area contributed by atoms with E-state index in [0.717, 1.165) is 0 Å². The Morgan fingerprint density at radius 1 is 0.474 bits per heavy atom. The number of unbranched alkanes of at least 4 members (excludes halogenated alkanes) is 2. The monoisotopic (exact) mass is 554 g/mol. The van der Waals surface area contributed by atoms with Gasteiger partial charge in [0.15, 0.2) is 0 Å². The molecular weight excluding hydrogens is 512 g/mol. The number of ether oxygens (including phenoxy) is 4. The molecule has 222 valence electrons. The summed E-state index contributed by atoms with van der Waals surface area (Å²) >= 11 is 0. The minimum Gasteiger partial charge on any atom is -0.466 e. The molecule has 1 unspecified atom stereocenters. The fraction of sp³-hybridized carbons (Fsp3) is 0.833. The van der Waals surface area contributed by atoms with Crippen molar-refractivity contribution in [2.45, 2.75) is 88.6 Å². The third-order valence-electron chi connectivity index (χ3n) is 5.12. The number of hydrogen-bond donors (Lipinski definition) is 6. The maximum Gasteiger partial charge on any atom is 0.305 e. The second kappa shape index (κ2) is 22.6. The summed E-state index contributed by atoms with van der Waals surface area (Å²) in [5, 5.41) is 57.1. The van der Waals surface area contributed by atoms with E-state index in [-0.39, 0.29) is 52.1 Å². The smallest absolute Gasteiger partial charge is 0.305 e. The highest BCUT2D eigenvalue weighted by Gasteiger charge is 2.32. The van der Waals surface area contributed by atoms with E-state index in [1.807, 2.05) is 0 Å².